The summed E-state index contributed by atoms with van der Waals surface area (Å²) in [6.07, 6.45) is 8.03. The molecule has 3 saturated heterocycles. The topological polar surface area (TPSA) is 30.5 Å². The van der Waals surface area contributed by atoms with Gasteiger partial charge in [-0.1, -0.05) is 0 Å². The normalized spacial score (nSPS) is 36.7. The van der Waals surface area contributed by atoms with Crippen LogP contribution in [0.2, 0.25) is 0 Å². The SMILES string of the molecule is C1CNCC(OC2CCOC3(CCSCC3)C2)C1. The van der Waals surface area contributed by atoms with Crippen molar-refractivity contribution in [3.8, 4) is 0 Å². The van der Waals surface area contributed by atoms with E-state index in [0.717, 1.165) is 32.5 Å². The first-order valence-electron chi connectivity index (χ1n) is 7.44. The molecule has 1 N–H and O–H groups in total. The number of hydrogen-bond acceptors (Lipinski definition) is 4. The van der Waals surface area contributed by atoms with Crippen LogP contribution in [0.4, 0.5) is 0 Å². The molecule has 3 aliphatic heterocycles. The fourth-order valence-electron chi connectivity index (χ4n) is 3.40. The van der Waals surface area contributed by atoms with Crippen LogP contribution in [0.1, 0.15) is 38.5 Å². The van der Waals surface area contributed by atoms with E-state index in [0.29, 0.717) is 12.2 Å². The monoisotopic (exact) mass is 271 g/mol. The van der Waals surface area contributed by atoms with Crippen molar-refractivity contribution >= 4 is 11.8 Å². The molecule has 3 fully saturated rings. The van der Waals surface area contributed by atoms with E-state index in [1.165, 1.54) is 37.2 Å². The molecule has 2 unspecified atom stereocenters. The predicted molar refractivity (Wildman–Crippen MR) is 75.2 cm³/mol. The number of nitrogens with one attached hydrogen (secondary N) is 1. The van der Waals surface area contributed by atoms with Gasteiger partial charge in [-0.25, -0.2) is 0 Å². The fraction of sp³-hybridized carbons (Fsp3) is 1.00. The third kappa shape index (κ3) is 3.21. The van der Waals surface area contributed by atoms with E-state index >= 15 is 0 Å². The number of thioether (sulfide) groups is 1. The minimum absolute atomic E-state index is 0.163. The Hall–Kier alpha value is 0.230. The van der Waals surface area contributed by atoms with Crippen molar-refractivity contribution in [1.29, 1.82) is 0 Å². The zero-order chi connectivity index (χ0) is 12.3. The molecule has 3 nitrogen and oxygen atoms in total. The van der Waals surface area contributed by atoms with Gasteiger partial charge in [-0.2, -0.15) is 11.8 Å². The number of rotatable bonds is 2. The van der Waals surface area contributed by atoms with Gasteiger partial charge in [0.2, 0.25) is 0 Å². The zero-order valence-corrected chi connectivity index (χ0v) is 12.0. The van der Waals surface area contributed by atoms with E-state index in [4.69, 9.17) is 9.47 Å². The summed E-state index contributed by atoms with van der Waals surface area (Å²) in [6.45, 7) is 3.10. The number of ether oxygens (including phenoxy) is 2. The van der Waals surface area contributed by atoms with Crippen LogP contribution in [0.3, 0.4) is 0 Å². The third-order valence-corrected chi connectivity index (χ3v) is 5.47. The molecule has 3 rings (SSSR count). The molecule has 0 aromatic heterocycles. The van der Waals surface area contributed by atoms with Crippen LogP contribution in [0, 0.1) is 0 Å². The Kier molecular flexibility index (Phi) is 4.50. The van der Waals surface area contributed by atoms with Crippen molar-refractivity contribution in [1.82, 2.24) is 5.32 Å². The molecule has 0 aromatic rings. The molecule has 0 bridgehead atoms. The van der Waals surface area contributed by atoms with Crippen LogP contribution >= 0.6 is 11.8 Å². The summed E-state index contributed by atoms with van der Waals surface area (Å²) < 4.78 is 12.4. The smallest absolute Gasteiger partial charge is 0.0723 e. The summed E-state index contributed by atoms with van der Waals surface area (Å²) in [7, 11) is 0. The molecule has 4 heteroatoms. The fourth-order valence-corrected chi connectivity index (χ4v) is 4.64. The summed E-state index contributed by atoms with van der Waals surface area (Å²) >= 11 is 2.07. The van der Waals surface area contributed by atoms with Gasteiger partial charge in [0.05, 0.1) is 17.8 Å². The van der Waals surface area contributed by atoms with Gasteiger partial charge in [0, 0.05) is 19.6 Å². The second-order valence-electron chi connectivity index (χ2n) is 5.86. The van der Waals surface area contributed by atoms with Crippen LogP contribution in [0.15, 0.2) is 0 Å². The van der Waals surface area contributed by atoms with Crippen molar-refractivity contribution in [2.24, 2.45) is 0 Å². The van der Waals surface area contributed by atoms with E-state index in [1.807, 2.05) is 0 Å². The Balaban J connectivity index is 1.52. The van der Waals surface area contributed by atoms with Gasteiger partial charge in [-0.3, -0.25) is 0 Å². The molecular formula is C14H25NO2S. The molecule has 18 heavy (non-hydrogen) atoms. The first-order chi connectivity index (χ1) is 8.86. The quantitative estimate of drug-likeness (QED) is 0.834. The first kappa shape index (κ1) is 13.2. The highest BCUT2D eigenvalue weighted by molar-refractivity contribution is 7.99. The minimum Gasteiger partial charge on any atom is -0.375 e. The second kappa shape index (κ2) is 6.12. The zero-order valence-electron chi connectivity index (χ0n) is 11.2. The lowest BCUT2D eigenvalue weighted by Gasteiger charge is -2.44. The molecule has 0 saturated carbocycles. The maximum Gasteiger partial charge on any atom is 0.0723 e. The van der Waals surface area contributed by atoms with Crippen molar-refractivity contribution in [3.63, 3.8) is 0 Å². The molecule has 3 aliphatic rings. The second-order valence-corrected chi connectivity index (χ2v) is 7.09. The number of piperidine rings is 1. The van der Waals surface area contributed by atoms with Gasteiger partial charge in [0.25, 0.3) is 0 Å². The summed E-state index contributed by atoms with van der Waals surface area (Å²) in [5, 5.41) is 3.44. The average Bonchev–Trinajstić information content (AvgIpc) is 2.41. The van der Waals surface area contributed by atoms with Crippen molar-refractivity contribution < 1.29 is 9.47 Å². The van der Waals surface area contributed by atoms with Crippen molar-refractivity contribution in [2.45, 2.75) is 56.3 Å². The first-order valence-corrected chi connectivity index (χ1v) is 8.60. The van der Waals surface area contributed by atoms with Crippen LogP contribution in [0.5, 0.6) is 0 Å². The Morgan fingerprint density at radius 2 is 2.06 bits per heavy atom. The Bertz CT molecular complexity index is 257. The van der Waals surface area contributed by atoms with Crippen LogP contribution in [-0.4, -0.2) is 49.0 Å². The molecule has 3 heterocycles. The van der Waals surface area contributed by atoms with E-state index in [-0.39, 0.29) is 5.60 Å². The summed E-state index contributed by atoms with van der Waals surface area (Å²) in [5.74, 6) is 2.52. The number of hydrogen-bond donors (Lipinski definition) is 1. The minimum atomic E-state index is 0.163. The molecule has 0 radical (unpaired) electrons. The molecule has 1 spiro atoms. The highest BCUT2D eigenvalue weighted by Gasteiger charge is 2.39. The van der Waals surface area contributed by atoms with Gasteiger partial charge < -0.3 is 14.8 Å². The summed E-state index contributed by atoms with van der Waals surface area (Å²) in [6, 6.07) is 0. The van der Waals surface area contributed by atoms with E-state index in [9.17, 15) is 0 Å². The Morgan fingerprint density at radius 3 is 2.83 bits per heavy atom. The lowest BCUT2D eigenvalue weighted by molar-refractivity contribution is -0.152. The molecule has 0 aliphatic carbocycles. The van der Waals surface area contributed by atoms with Crippen molar-refractivity contribution in [2.75, 3.05) is 31.2 Å². The standard InChI is InChI=1S/C14H25NO2S/c1-2-13(11-15-6-1)17-12-3-7-16-14(10-12)4-8-18-9-5-14/h12-13,15H,1-11H2. The maximum atomic E-state index is 6.31. The van der Waals surface area contributed by atoms with Gasteiger partial charge in [-0.05, 0) is 50.2 Å². The molecule has 2 atom stereocenters. The molecule has 0 amide bonds. The van der Waals surface area contributed by atoms with E-state index < -0.39 is 0 Å². The van der Waals surface area contributed by atoms with Crippen LogP contribution in [0.25, 0.3) is 0 Å². The van der Waals surface area contributed by atoms with Crippen LogP contribution in [-0.2, 0) is 9.47 Å². The summed E-state index contributed by atoms with van der Waals surface area (Å²) in [5.41, 5.74) is 0.163. The molecule has 0 aromatic carbocycles. The highest BCUT2D eigenvalue weighted by Crippen LogP contribution is 2.38. The predicted octanol–water partition coefficient (Wildman–Crippen LogP) is 2.20. The third-order valence-electron chi connectivity index (χ3n) is 4.49. The van der Waals surface area contributed by atoms with Crippen LogP contribution < -0.4 is 5.32 Å². The largest absolute Gasteiger partial charge is 0.375 e. The summed E-state index contributed by atoms with van der Waals surface area (Å²) in [4.78, 5) is 0. The van der Waals surface area contributed by atoms with Gasteiger partial charge in [0.15, 0.2) is 0 Å². The highest BCUT2D eigenvalue weighted by atomic mass is 32.2. The lowest BCUT2D eigenvalue weighted by atomic mass is 9.86. The van der Waals surface area contributed by atoms with Gasteiger partial charge in [0.1, 0.15) is 0 Å². The van der Waals surface area contributed by atoms with Gasteiger partial charge >= 0.3 is 0 Å². The maximum absolute atomic E-state index is 6.31. The van der Waals surface area contributed by atoms with E-state index in [2.05, 4.69) is 17.1 Å². The van der Waals surface area contributed by atoms with E-state index in [1.54, 1.807) is 0 Å². The van der Waals surface area contributed by atoms with Crippen molar-refractivity contribution in [3.05, 3.63) is 0 Å². The van der Waals surface area contributed by atoms with Gasteiger partial charge in [-0.15, -0.1) is 0 Å². The molecule has 104 valence electrons. The average molecular weight is 271 g/mol. The lowest BCUT2D eigenvalue weighted by Crippen LogP contribution is -2.47. The Morgan fingerprint density at radius 1 is 1.17 bits per heavy atom. The molecular weight excluding hydrogens is 246 g/mol. The Labute approximate surface area is 114 Å².